The summed E-state index contributed by atoms with van der Waals surface area (Å²) in [5, 5.41) is 0. The number of methoxy groups -OCH3 is 1. The van der Waals surface area contributed by atoms with E-state index >= 15 is 0 Å². The van der Waals surface area contributed by atoms with E-state index in [-0.39, 0.29) is 23.1 Å². The molecule has 0 radical (unpaired) electrons. The first-order chi connectivity index (χ1) is 15.2. The van der Waals surface area contributed by atoms with Gasteiger partial charge in [-0.05, 0) is 36.8 Å². The number of nitrogens with zero attached hydrogens (tertiary/aromatic N) is 3. The molecule has 9 heteroatoms. The summed E-state index contributed by atoms with van der Waals surface area (Å²) in [7, 11) is -0.327. The first-order valence-electron chi connectivity index (χ1n) is 10.4. The highest BCUT2D eigenvalue weighted by Gasteiger charge is 2.29. The van der Waals surface area contributed by atoms with E-state index in [4.69, 9.17) is 4.74 Å². The number of carbonyl (C=O) groups is 2. The van der Waals surface area contributed by atoms with Gasteiger partial charge in [-0.1, -0.05) is 24.3 Å². The third-order valence-electron chi connectivity index (χ3n) is 5.55. The Balaban J connectivity index is 1.55. The van der Waals surface area contributed by atoms with Crippen molar-refractivity contribution in [3.05, 3.63) is 59.7 Å². The third-order valence-corrected chi connectivity index (χ3v) is 7.44. The van der Waals surface area contributed by atoms with Crippen molar-refractivity contribution in [2.75, 3.05) is 46.9 Å². The molecule has 0 unspecified atom stereocenters. The number of sulfonamides is 1. The zero-order valence-electron chi connectivity index (χ0n) is 18.7. The Bertz CT molecular complexity index is 1080. The summed E-state index contributed by atoms with van der Waals surface area (Å²) in [6.45, 7) is 3.62. The van der Waals surface area contributed by atoms with Crippen LogP contribution in [0.5, 0.6) is 5.75 Å². The summed E-state index contributed by atoms with van der Waals surface area (Å²) >= 11 is 0. The van der Waals surface area contributed by atoms with Crippen molar-refractivity contribution in [2.24, 2.45) is 0 Å². The summed E-state index contributed by atoms with van der Waals surface area (Å²) in [5.41, 5.74) is 1.35. The van der Waals surface area contributed by atoms with Crippen molar-refractivity contribution in [2.45, 2.75) is 18.4 Å². The highest BCUT2D eigenvalue weighted by Crippen LogP contribution is 2.19. The van der Waals surface area contributed by atoms with Crippen molar-refractivity contribution >= 4 is 21.7 Å². The molecule has 1 fully saturated rings. The van der Waals surface area contributed by atoms with Crippen molar-refractivity contribution in [3.63, 3.8) is 0 Å². The van der Waals surface area contributed by atoms with Gasteiger partial charge < -0.3 is 9.64 Å². The van der Waals surface area contributed by atoms with Crippen molar-refractivity contribution in [3.8, 4) is 5.75 Å². The maximum Gasteiger partial charge on any atom is 0.243 e. The van der Waals surface area contributed by atoms with Crippen molar-refractivity contribution < 1.29 is 22.7 Å². The van der Waals surface area contributed by atoms with E-state index in [0.29, 0.717) is 38.3 Å². The quantitative estimate of drug-likeness (QED) is 0.560. The largest absolute Gasteiger partial charge is 0.497 e. The number of ether oxygens (including phenoxy) is 1. The lowest BCUT2D eigenvalue weighted by Gasteiger charge is -2.34. The second-order valence-electron chi connectivity index (χ2n) is 7.87. The van der Waals surface area contributed by atoms with E-state index in [9.17, 15) is 18.0 Å². The zero-order valence-corrected chi connectivity index (χ0v) is 19.5. The van der Waals surface area contributed by atoms with Crippen LogP contribution in [0.2, 0.25) is 0 Å². The van der Waals surface area contributed by atoms with Gasteiger partial charge in [0, 0.05) is 45.3 Å². The van der Waals surface area contributed by atoms with Crippen molar-refractivity contribution in [1.82, 2.24) is 14.1 Å². The van der Waals surface area contributed by atoms with E-state index in [2.05, 4.69) is 0 Å². The van der Waals surface area contributed by atoms with Crippen LogP contribution in [-0.2, 0) is 21.4 Å². The molecule has 2 aromatic carbocycles. The van der Waals surface area contributed by atoms with E-state index in [1.807, 2.05) is 29.2 Å². The van der Waals surface area contributed by atoms with E-state index in [0.717, 1.165) is 11.3 Å². The standard InChI is InChI=1S/C23H29N3O5S/c1-18(27)20-7-5-9-22(15-20)32(29,30)26-12-10-25(11-13-26)17-23(28)24(2)16-19-6-4-8-21(14-19)31-3/h4-9,14-15H,10-13,16-17H2,1-3H3. The molecule has 2 aromatic rings. The first kappa shape index (κ1) is 23.9. The maximum atomic E-state index is 13.0. The number of amides is 1. The lowest BCUT2D eigenvalue weighted by atomic mass is 10.2. The lowest BCUT2D eigenvalue weighted by Crippen LogP contribution is -2.51. The van der Waals surface area contributed by atoms with Gasteiger partial charge in [0.1, 0.15) is 5.75 Å². The highest BCUT2D eigenvalue weighted by molar-refractivity contribution is 7.89. The minimum absolute atomic E-state index is 0.0294. The average molecular weight is 460 g/mol. The number of benzene rings is 2. The molecule has 1 aliphatic rings. The Kier molecular flexibility index (Phi) is 7.65. The smallest absolute Gasteiger partial charge is 0.243 e. The predicted octanol–water partition coefficient (Wildman–Crippen LogP) is 1.86. The van der Waals surface area contributed by atoms with Gasteiger partial charge in [0.05, 0.1) is 18.6 Å². The van der Waals surface area contributed by atoms with Crippen LogP contribution >= 0.6 is 0 Å². The summed E-state index contributed by atoms with van der Waals surface area (Å²) in [5.74, 6) is 0.538. The molecule has 32 heavy (non-hydrogen) atoms. The lowest BCUT2D eigenvalue weighted by molar-refractivity contribution is -0.131. The van der Waals surface area contributed by atoms with E-state index < -0.39 is 10.0 Å². The van der Waals surface area contributed by atoms with Gasteiger partial charge in [-0.15, -0.1) is 0 Å². The minimum atomic E-state index is -3.69. The van der Waals surface area contributed by atoms with Gasteiger partial charge in [-0.3, -0.25) is 14.5 Å². The molecular weight excluding hydrogens is 430 g/mol. The van der Waals surface area contributed by atoms with Gasteiger partial charge in [-0.25, -0.2) is 8.42 Å². The molecule has 1 aliphatic heterocycles. The Morgan fingerprint density at radius 3 is 2.38 bits per heavy atom. The number of Topliss-reactive ketones (excluding diaryl/α,β-unsaturated/α-hetero) is 1. The Labute approximate surface area is 189 Å². The molecule has 1 heterocycles. The van der Waals surface area contributed by atoms with Crippen LogP contribution in [0.1, 0.15) is 22.8 Å². The molecule has 0 aliphatic carbocycles. The number of rotatable bonds is 8. The maximum absolute atomic E-state index is 13.0. The van der Waals surface area contributed by atoms with Gasteiger partial charge in [-0.2, -0.15) is 4.31 Å². The number of hydrogen-bond acceptors (Lipinski definition) is 6. The summed E-state index contributed by atoms with van der Waals surface area (Å²) in [6, 6.07) is 13.7. The molecule has 0 bridgehead atoms. The fraction of sp³-hybridized carbons (Fsp3) is 0.391. The van der Waals surface area contributed by atoms with E-state index in [1.54, 1.807) is 31.2 Å². The Morgan fingerprint density at radius 2 is 1.72 bits per heavy atom. The molecule has 0 spiro atoms. The Hall–Kier alpha value is -2.75. The fourth-order valence-corrected chi connectivity index (χ4v) is 5.07. The van der Waals surface area contributed by atoms with Crippen LogP contribution in [0.25, 0.3) is 0 Å². The second kappa shape index (κ2) is 10.2. The van der Waals surface area contributed by atoms with Crippen LogP contribution < -0.4 is 4.74 Å². The number of likely N-dealkylation sites (N-methyl/N-ethyl adjacent to an activating group) is 1. The number of hydrogen-bond donors (Lipinski definition) is 0. The van der Waals surface area contributed by atoms with Crippen LogP contribution in [0.4, 0.5) is 0 Å². The molecule has 8 nitrogen and oxygen atoms in total. The average Bonchev–Trinajstić information content (AvgIpc) is 2.79. The topological polar surface area (TPSA) is 87.2 Å². The monoisotopic (exact) mass is 459 g/mol. The zero-order chi connectivity index (χ0) is 23.3. The molecule has 0 N–H and O–H groups in total. The summed E-state index contributed by atoms with van der Waals surface area (Å²) in [6.07, 6.45) is 0. The number of piperazine rings is 1. The molecule has 1 saturated heterocycles. The van der Waals surface area contributed by atoms with Gasteiger partial charge in [0.15, 0.2) is 5.78 Å². The third kappa shape index (κ3) is 5.73. The Morgan fingerprint density at radius 1 is 1.03 bits per heavy atom. The van der Waals surface area contributed by atoms with Crippen LogP contribution in [0, 0.1) is 0 Å². The summed E-state index contributed by atoms with van der Waals surface area (Å²) in [4.78, 5) is 28.0. The highest BCUT2D eigenvalue weighted by atomic mass is 32.2. The molecule has 0 aromatic heterocycles. The normalized spacial score (nSPS) is 15.3. The SMILES string of the molecule is COc1cccc(CN(C)C(=O)CN2CCN(S(=O)(=O)c3cccc(C(C)=O)c3)CC2)c1. The fourth-order valence-electron chi connectivity index (χ4n) is 3.60. The second-order valence-corrected chi connectivity index (χ2v) is 9.80. The van der Waals surface area contributed by atoms with Gasteiger partial charge in [0.25, 0.3) is 0 Å². The number of ketones is 1. The van der Waals surface area contributed by atoms with Crippen LogP contribution in [-0.4, -0.2) is 81.1 Å². The van der Waals surface area contributed by atoms with Crippen LogP contribution in [0.15, 0.2) is 53.4 Å². The van der Waals surface area contributed by atoms with Gasteiger partial charge >= 0.3 is 0 Å². The first-order valence-corrected chi connectivity index (χ1v) is 11.8. The summed E-state index contributed by atoms with van der Waals surface area (Å²) < 4.78 is 32.6. The molecule has 1 amide bonds. The molecular formula is C23H29N3O5S. The molecule has 0 saturated carbocycles. The number of carbonyl (C=O) groups excluding carboxylic acids is 2. The minimum Gasteiger partial charge on any atom is -0.497 e. The van der Waals surface area contributed by atoms with Crippen molar-refractivity contribution in [1.29, 1.82) is 0 Å². The van der Waals surface area contributed by atoms with Gasteiger partial charge in [0.2, 0.25) is 15.9 Å². The van der Waals surface area contributed by atoms with E-state index in [1.165, 1.54) is 23.4 Å². The molecule has 172 valence electrons. The molecule has 0 atom stereocenters. The predicted molar refractivity (Wildman–Crippen MR) is 121 cm³/mol. The molecule has 3 rings (SSSR count). The van der Waals surface area contributed by atoms with Crippen LogP contribution in [0.3, 0.4) is 0 Å².